The Bertz CT molecular complexity index is 819. The van der Waals surface area contributed by atoms with Crippen molar-refractivity contribution in [3.8, 4) is 0 Å². The number of rotatable bonds is 3. The number of fused-ring (bicyclic) bond motifs is 1. The van der Waals surface area contributed by atoms with E-state index in [1.165, 1.54) is 12.1 Å². The Hall–Kier alpha value is -2.70. The van der Waals surface area contributed by atoms with E-state index in [4.69, 9.17) is 5.11 Å². The summed E-state index contributed by atoms with van der Waals surface area (Å²) in [5.74, 6) is -0.337. The highest BCUT2D eigenvalue weighted by Crippen LogP contribution is 2.40. The van der Waals surface area contributed by atoms with Gasteiger partial charge >= 0.3 is 6.09 Å². The zero-order valence-corrected chi connectivity index (χ0v) is 14.5. The van der Waals surface area contributed by atoms with Crippen LogP contribution in [-0.2, 0) is 4.79 Å². The highest BCUT2D eigenvalue weighted by molar-refractivity contribution is 5.82. The van der Waals surface area contributed by atoms with Gasteiger partial charge in [0.2, 0.25) is 5.91 Å². The van der Waals surface area contributed by atoms with Crippen LogP contribution in [0.25, 0.3) is 10.9 Å². The molecule has 1 aliphatic carbocycles. The summed E-state index contributed by atoms with van der Waals surface area (Å²) in [7, 11) is 0. The van der Waals surface area contributed by atoms with Gasteiger partial charge in [-0.3, -0.25) is 15.2 Å². The number of benzene rings is 1. The van der Waals surface area contributed by atoms with Gasteiger partial charge in [0, 0.05) is 17.5 Å². The number of carbonyl (C=O) groups excluding carboxylic acids is 1. The maximum atomic E-state index is 13.7. The fourth-order valence-corrected chi connectivity index (χ4v) is 3.87. The number of nitrogens with zero attached hydrogens (tertiary/aromatic N) is 1. The van der Waals surface area contributed by atoms with Gasteiger partial charge in [0.25, 0.3) is 0 Å². The molecule has 1 aliphatic rings. The maximum absolute atomic E-state index is 13.7. The van der Waals surface area contributed by atoms with Crippen LogP contribution in [0.3, 0.4) is 0 Å². The van der Waals surface area contributed by atoms with Crippen LogP contribution in [0.5, 0.6) is 0 Å². The Labute approximate surface area is 150 Å². The van der Waals surface area contributed by atoms with E-state index in [0.29, 0.717) is 5.92 Å². The topological polar surface area (TPSA) is 91.3 Å². The Kier molecular flexibility index (Phi) is 5.35. The van der Waals surface area contributed by atoms with Crippen molar-refractivity contribution in [2.24, 2.45) is 11.8 Å². The molecule has 2 amide bonds. The molecule has 138 valence electrons. The second-order valence-electron chi connectivity index (χ2n) is 6.88. The van der Waals surface area contributed by atoms with E-state index in [1.54, 1.807) is 12.3 Å². The average Bonchev–Trinajstić information content (AvgIpc) is 2.65. The molecule has 3 rings (SSSR count). The molecule has 26 heavy (non-hydrogen) atoms. The number of amides is 2. The standard InChI is InChI=1S/C19H22FN3O3/c1-11(18(24)22-23-19(25)26)12-2-4-13(5-3-12)15-8-9-21-17-7-6-14(20)10-16(15)17/h6-13,23H,2-5H2,1H3,(H,22,24)(H,25,26)/t11-,12?,13?/m1/s1. The number of nitrogens with one attached hydrogen (secondary N) is 2. The number of carboxylic acid groups (broad SMARTS) is 1. The van der Waals surface area contributed by atoms with Gasteiger partial charge in [-0.05, 0) is 67.3 Å². The van der Waals surface area contributed by atoms with Crippen LogP contribution in [-0.4, -0.2) is 22.1 Å². The molecule has 0 radical (unpaired) electrons. The molecule has 0 aliphatic heterocycles. The summed E-state index contributed by atoms with van der Waals surface area (Å²) >= 11 is 0. The molecular weight excluding hydrogens is 337 g/mol. The Morgan fingerprint density at radius 1 is 1.19 bits per heavy atom. The van der Waals surface area contributed by atoms with Crippen molar-refractivity contribution in [1.29, 1.82) is 0 Å². The van der Waals surface area contributed by atoms with E-state index in [1.807, 2.05) is 18.4 Å². The van der Waals surface area contributed by atoms with Crippen molar-refractivity contribution in [1.82, 2.24) is 15.8 Å². The lowest BCUT2D eigenvalue weighted by Gasteiger charge is -2.32. The maximum Gasteiger partial charge on any atom is 0.423 e. The first-order valence-corrected chi connectivity index (χ1v) is 8.78. The summed E-state index contributed by atoms with van der Waals surface area (Å²) in [5, 5.41) is 9.42. The summed E-state index contributed by atoms with van der Waals surface area (Å²) in [5.41, 5.74) is 6.01. The Morgan fingerprint density at radius 2 is 1.92 bits per heavy atom. The summed E-state index contributed by atoms with van der Waals surface area (Å²) in [6, 6.07) is 6.61. The third kappa shape index (κ3) is 3.92. The largest absolute Gasteiger partial charge is 0.464 e. The lowest BCUT2D eigenvalue weighted by atomic mass is 9.73. The molecule has 3 N–H and O–H groups in total. The van der Waals surface area contributed by atoms with E-state index in [2.05, 4.69) is 10.4 Å². The molecular formula is C19H22FN3O3. The monoisotopic (exact) mass is 359 g/mol. The van der Waals surface area contributed by atoms with Gasteiger partial charge in [-0.1, -0.05) is 6.92 Å². The quantitative estimate of drug-likeness (QED) is 0.731. The van der Waals surface area contributed by atoms with Crippen LogP contribution in [0.15, 0.2) is 30.5 Å². The number of halogens is 1. The molecule has 1 atom stereocenters. The second kappa shape index (κ2) is 7.68. The smallest absolute Gasteiger partial charge is 0.423 e. The molecule has 0 unspecified atom stereocenters. The predicted molar refractivity (Wildman–Crippen MR) is 94.9 cm³/mol. The second-order valence-corrected chi connectivity index (χ2v) is 6.88. The van der Waals surface area contributed by atoms with Crippen LogP contribution in [0.1, 0.15) is 44.1 Å². The van der Waals surface area contributed by atoms with Gasteiger partial charge in [0.1, 0.15) is 5.82 Å². The van der Waals surface area contributed by atoms with Crippen molar-refractivity contribution >= 4 is 22.9 Å². The first-order chi connectivity index (χ1) is 12.5. The van der Waals surface area contributed by atoms with Gasteiger partial charge in [-0.25, -0.2) is 14.6 Å². The lowest BCUT2D eigenvalue weighted by molar-refractivity contribution is -0.127. The lowest BCUT2D eigenvalue weighted by Crippen LogP contribution is -2.45. The normalized spacial score (nSPS) is 21.2. The van der Waals surface area contributed by atoms with E-state index >= 15 is 0 Å². The minimum Gasteiger partial charge on any atom is -0.464 e. The minimum absolute atomic E-state index is 0.201. The van der Waals surface area contributed by atoms with Crippen LogP contribution >= 0.6 is 0 Å². The first kappa shape index (κ1) is 18.1. The van der Waals surface area contributed by atoms with Crippen molar-refractivity contribution < 1.29 is 19.1 Å². The van der Waals surface area contributed by atoms with Gasteiger partial charge in [0.15, 0.2) is 0 Å². The molecule has 1 saturated carbocycles. The number of hydrogen-bond donors (Lipinski definition) is 3. The summed E-state index contributed by atoms with van der Waals surface area (Å²) in [4.78, 5) is 26.8. The van der Waals surface area contributed by atoms with Crippen LogP contribution < -0.4 is 10.9 Å². The third-order valence-electron chi connectivity index (χ3n) is 5.36. The molecule has 7 heteroatoms. The summed E-state index contributed by atoms with van der Waals surface area (Å²) in [6.07, 6.45) is 4.02. The van der Waals surface area contributed by atoms with Crippen LogP contribution in [0, 0.1) is 17.7 Å². The van der Waals surface area contributed by atoms with Crippen molar-refractivity contribution in [3.63, 3.8) is 0 Å². The Balaban J connectivity index is 1.66. The van der Waals surface area contributed by atoms with Gasteiger partial charge in [-0.2, -0.15) is 0 Å². The molecule has 1 aromatic heterocycles. The molecule has 6 nitrogen and oxygen atoms in total. The molecule has 0 bridgehead atoms. The zero-order valence-electron chi connectivity index (χ0n) is 14.5. The number of carbonyl (C=O) groups is 2. The predicted octanol–water partition coefficient (Wildman–Crippen LogP) is 3.58. The fourth-order valence-electron chi connectivity index (χ4n) is 3.87. The van der Waals surface area contributed by atoms with Crippen molar-refractivity contribution in [2.45, 2.75) is 38.5 Å². The van der Waals surface area contributed by atoms with Gasteiger partial charge in [0.05, 0.1) is 5.52 Å². The fraction of sp³-hybridized carbons (Fsp3) is 0.421. The van der Waals surface area contributed by atoms with Gasteiger partial charge in [-0.15, -0.1) is 0 Å². The molecule has 1 aromatic carbocycles. The average molecular weight is 359 g/mol. The molecule has 1 fully saturated rings. The SMILES string of the molecule is C[C@@H](C(=O)NNC(=O)O)C1CCC(c2ccnc3ccc(F)cc23)CC1. The molecule has 1 heterocycles. The zero-order chi connectivity index (χ0) is 18.7. The molecule has 0 spiro atoms. The summed E-state index contributed by atoms with van der Waals surface area (Å²) in [6.45, 7) is 1.82. The first-order valence-electron chi connectivity index (χ1n) is 8.78. The highest BCUT2D eigenvalue weighted by Gasteiger charge is 2.30. The molecule has 2 aromatic rings. The summed E-state index contributed by atoms with van der Waals surface area (Å²) < 4.78 is 13.7. The highest BCUT2D eigenvalue weighted by atomic mass is 19.1. The Morgan fingerprint density at radius 3 is 2.62 bits per heavy atom. The van der Waals surface area contributed by atoms with Crippen molar-refractivity contribution in [3.05, 3.63) is 41.8 Å². The number of hydrazine groups is 1. The van der Waals surface area contributed by atoms with E-state index in [-0.39, 0.29) is 23.6 Å². The number of aromatic nitrogens is 1. The number of pyridine rings is 1. The van der Waals surface area contributed by atoms with Gasteiger partial charge < -0.3 is 5.11 Å². The number of hydrogen-bond acceptors (Lipinski definition) is 3. The van der Waals surface area contributed by atoms with E-state index in [9.17, 15) is 14.0 Å². The van der Waals surface area contributed by atoms with Crippen LogP contribution in [0.4, 0.5) is 9.18 Å². The van der Waals surface area contributed by atoms with Crippen molar-refractivity contribution in [2.75, 3.05) is 0 Å². The van der Waals surface area contributed by atoms with Crippen LogP contribution in [0.2, 0.25) is 0 Å². The van der Waals surface area contributed by atoms with E-state index < -0.39 is 6.09 Å². The third-order valence-corrected chi connectivity index (χ3v) is 5.36. The minimum atomic E-state index is -1.29. The molecule has 0 saturated heterocycles. The van der Waals surface area contributed by atoms with E-state index in [0.717, 1.165) is 42.1 Å².